The zero-order valence-electron chi connectivity index (χ0n) is 9.41. The van der Waals surface area contributed by atoms with E-state index in [1.54, 1.807) is 0 Å². The van der Waals surface area contributed by atoms with Gasteiger partial charge in [-0.25, -0.2) is 14.8 Å². The lowest BCUT2D eigenvalue weighted by Crippen LogP contribution is -2.24. The van der Waals surface area contributed by atoms with Crippen LogP contribution in [-0.4, -0.2) is 35.6 Å². The van der Waals surface area contributed by atoms with Crippen LogP contribution in [0.5, 0.6) is 0 Å². The van der Waals surface area contributed by atoms with Gasteiger partial charge in [0.2, 0.25) is 5.28 Å². The molecule has 0 aliphatic heterocycles. The number of hydrogen-bond donors (Lipinski definition) is 0. The van der Waals surface area contributed by atoms with Gasteiger partial charge in [0.05, 0.1) is 0 Å². The van der Waals surface area contributed by atoms with Gasteiger partial charge in [-0.1, -0.05) is 13.8 Å². The van der Waals surface area contributed by atoms with Crippen molar-refractivity contribution in [2.45, 2.75) is 20.3 Å². The Morgan fingerprint density at radius 1 is 1.53 bits per heavy atom. The molecule has 0 fully saturated rings. The Balaban J connectivity index is 2.34. The van der Waals surface area contributed by atoms with E-state index < -0.39 is 6.03 Å². The van der Waals surface area contributed by atoms with Crippen LogP contribution in [0.4, 0.5) is 4.79 Å². The van der Waals surface area contributed by atoms with Gasteiger partial charge in [-0.05, 0) is 17.5 Å². The first-order valence-electron chi connectivity index (χ1n) is 5.08. The molecule has 0 N–H and O–H groups in total. The van der Waals surface area contributed by atoms with E-state index in [1.807, 2.05) is 13.8 Å². The molecule has 0 amide bonds. The van der Waals surface area contributed by atoms with Crippen molar-refractivity contribution in [3.63, 3.8) is 0 Å². The molecule has 0 aliphatic rings. The van der Waals surface area contributed by atoms with Crippen LogP contribution in [0.3, 0.4) is 0 Å². The van der Waals surface area contributed by atoms with E-state index in [4.69, 9.17) is 11.6 Å². The average Bonchev–Trinajstić information content (AvgIpc) is 2.85. The van der Waals surface area contributed by atoms with Crippen LogP contribution in [0.25, 0.3) is 0 Å². The maximum Gasteiger partial charge on any atom is 0.372 e. The first-order valence-corrected chi connectivity index (χ1v) is 5.46. The number of carbonyl (C=O) groups excluding carboxylic acids is 1. The van der Waals surface area contributed by atoms with E-state index in [1.165, 1.54) is 12.7 Å². The Morgan fingerprint density at radius 3 is 2.88 bits per heavy atom. The minimum Gasteiger partial charge on any atom is -0.243 e. The highest BCUT2D eigenvalue weighted by atomic mass is 35.5. The summed E-state index contributed by atoms with van der Waals surface area (Å²) in [6.07, 6.45) is 3.19. The fourth-order valence-corrected chi connectivity index (χ4v) is 1.54. The second-order valence-corrected chi connectivity index (χ2v) is 4.27. The largest absolute Gasteiger partial charge is 0.372 e. The van der Waals surface area contributed by atoms with Crippen molar-refractivity contribution < 1.29 is 4.79 Å². The smallest absolute Gasteiger partial charge is 0.243 e. The third kappa shape index (κ3) is 2.50. The second-order valence-electron chi connectivity index (χ2n) is 3.93. The first-order chi connectivity index (χ1) is 8.08. The molecule has 0 atom stereocenters. The summed E-state index contributed by atoms with van der Waals surface area (Å²) < 4.78 is 2.23. The summed E-state index contributed by atoms with van der Waals surface area (Å²) in [5, 5.41) is 7.65. The molecule has 2 aromatic rings. The number of hydrogen-bond acceptors (Lipinski definition) is 5. The summed E-state index contributed by atoms with van der Waals surface area (Å²) in [6, 6.07) is -0.447. The SMILES string of the molecule is CC(C)Cc1nc(Cl)nn1C(=O)n1cncn1. The predicted octanol–water partition coefficient (Wildman–Crippen LogP) is 1.24. The van der Waals surface area contributed by atoms with Gasteiger partial charge in [0.1, 0.15) is 18.5 Å². The molecule has 90 valence electrons. The third-order valence-corrected chi connectivity index (χ3v) is 2.20. The molecule has 7 nitrogen and oxygen atoms in total. The number of halogens is 1. The Hall–Kier alpha value is -1.76. The fourth-order valence-electron chi connectivity index (χ4n) is 1.37. The molecule has 17 heavy (non-hydrogen) atoms. The van der Waals surface area contributed by atoms with Crippen LogP contribution in [-0.2, 0) is 6.42 Å². The van der Waals surface area contributed by atoms with E-state index >= 15 is 0 Å². The maximum atomic E-state index is 12.0. The molecule has 2 rings (SSSR count). The number of carbonyl (C=O) groups is 1. The average molecular weight is 255 g/mol. The quantitative estimate of drug-likeness (QED) is 0.806. The van der Waals surface area contributed by atoms with Crippen LogP contribution in [0.15, 0.2) is 12.7 Å². The standard InChI is InChI=1S/C9H11ClN6O/c1-6(2)3-7-13-8(10)14-16(7)9(17)15-5-11-4-12-15/h4-6H,3H2,1-2H3. The topological polar surface area (TPSA) is 78.5 Å². The van der Waals surface area contributed by atoms with Crippen molar-refractivity contribution in [2.75, 3.05) is 0 Å². The van der Waals surface area contributed by atoms with Gasteiger partial charge in [-0.2, -0.15) is 14.5 Å². The van der Waals surface area contributed by atoms with E-state index in [9.17, 15) is 4.79 Å². The number of rotatable bonds is 2. The summed E-state index contributed by atoms with van der Waals surface area (Å²) in [4.78, 5) is 19.7. The zero-order chi connectivity index (χ0) is 12.4. The minimum atomic E-state index is -0.447. The van der Waals surface area contributed by atoms with Crippen molar-refractivity contribution >= 4 is 17.6 Å². The molecule has 0 saturated heterocycles. The molecule has 8 heteroatoms. The Bertz CT molecular complexity index is 518. The van der Waals surface area contributed by atoms with Gasteiger partial charge in [-0.15, -0.1) is 5.10 Å². The van der Waals surface area contributed by atoms with E-state index in [-0.39, 0.29) is 5.28 Å². The van der Waals surface area contributed by atoms with E-state index in [0.29, 0.717) is 18.2 Å². The van der Waals surface area contributed by atoms with Crippen molar-refractivity contribution in [3.8, 4) is 0 Å². The number of nitrogens with zero attached hydrogens (tertiary/aromatic N) is 6. The Kier molecular flexibility index (Phi) is 3.19. The molecule has 0 aliphatic carbocycles. The lowest BCUT2D eigenvalue weighted by molar-refractivity contribution is 0.237. The maximum absolute atomic E-state index is 12.0. The number of aromatic nitrogens is 6. The van der Waals surface area contributed by atoms with Crippen LogP contribution in [0, 0.1) is 5.92 Å². The molecule has 0 unspecified atom stereocenters. The van der Waals surface area contributed by atoms with Gasteiger partial charge in [-0.3, -0.25) is 0 Å². The fraction of sp³-hybridized carbons (Fsp3) is 0.444. The minimum absolute atomic E-state index is 0.0501. The molecule has 2 heterocycles. The zero-order valence-corrected chi connectivity index (χ0v) is 10.2. The summed E-state index contributed by atoms with van der Waals surface area (Å²) >= 11 is 5.71. The van der Waals surface area contributed by atoms with Gasteiger partial charge in [0.25, 0.3) is 0 Å². The molecular formula is C9H11ClN6O. The summed E-state index contributed by atoms with van der Waals surface area (Å²) in [5.74, 6) is 0.864. The normalized spacial score (nSPS) is 11.1. The highest BCUT2D eigenvalue weighted by Gasteiger charge is 2.18. The summed E-state index contributed by atoms with van der Waals surface area (Å²) in [6.45, 7) is 4.04. The highest BCUT2D eigenvalue weighted by Crippen LogP contribution is 2.09. The van der Waals surface area contributed by atoms with Gasteiger partial charge >= 0.3 is 6.03 Å². The lowest BCUT2D eigenvalue weighted by atomic mass is 10.1. The molecular weight excluding hydrogens is 244 g/mol. The summed E-state index contributed by atoms with van der Waals surface area (Å²) in [5.41, 5.74) is 0. The Morgan fingerprint density at radius 2 is 2.29 bits per heavy atom. The van der Waals surface area contributed by atoms with Crippen LogP contribution in [0.1, 0.15) is 19.7 Å². The van der Waals surface area contributed by atoms with Crippen molar-refractivity contribution in [3.05, 3.63) is 23.8 Å². The molecule has 0 bridgehead atoms. The monoisotopic (exact) mass is 254 g/mol. The molecule has 0 spiro atoms. The highest BCUT2D eigenvalue weighted by molar-refractivity contribution is 6.28. The van der Waals surface area contributed by atoms with Crippen LogP contribution in [0.2, 0.25) is 5.28 Å². The lowest BCUT2D eigenvalue weighted by Gasteiger charge is -2.05. The molecule has 2 aromatic heterocycles. The first kappa shape index (κ1) is 11.7. The van der Waals surface area contributed by atoms with Crippen LogP contribution >= 0.6 is 11.6 Å². The van der Waals surface area contributed by atoms with E-state index in [2.05, 4.69) is 20.2 Å². The van der Waals surface area contributed by atoms with E-state index in [0.717, 1.165) is 9.36 Å². The van der Waals surface area contributed by atoms with Crippen LogP contribution < -0.4 is 0 Å². The van der Waals surface area contributed by atoms with Gasteiger partial charge in [0.15, 0.2) is 0 Å². The molecule has 0 aromatic carbocycles. The molecule has 0 saturated carbocycles. The van der Waals surface area contributed by atoms with Crippen molar-refractivity contribution in [2.24, 2.45) is 5.92 Å². The Labute approximate surface area is 102 Å². The third-order valence-electron chi connectivity index (χ3n) is 2.04. The van der Waals surface area contributed by atoms with Crippen molar-refractivity contribution in [1.29, 1.82) is 0 Å². The second kappa shape index (κ2) is 4.62. The predicted molar refractivity (Wildman–Crippen MR) is 59.8 cm³/mol. The van der Waals surface area contributed by atoms with Gasteiger partial charge in [0, 0.05) is 6.42 Å². The summed E-state index contributed by atoms with van der Waals surface area (Å²) in [7, 11) is 0. The molecule has 0 radical (unpaired) electrons. The van der Waals surface area contributed by atoms with Gasteiger partial charge < -0.3 is 0 Å². The van der Waals surface area contributed by atoms with Crippen molar-refractivity contribution in [1.82, 2.24) is 29.5 Å².